The van der Waals surface area contributed by atoms with Gasteiger partial charge in [-0.2, -0.15) is 0 Å². The van der Waals surface area contributed by atoms with Crippen LogP contribution in [0.2, 0.25) is 0 Å². The van der Waals surface area contributed by atoms with Gasteiger partial charge < -0.3 is 19.9 Å². The van der Waals surface area contributed by atoms with Gasteiger partial charge >= 0.3 is 0 Å². The Hall–Kier alpha value is -3.52. The van der Waals surface area contributed by atoms with Crippen LogP contribution in [0.25, 0.3) is 11.1 Å². The van der Waals surface area contributed by atoms with Crippen molar-refractivity contribution in [2.45, 2.75) is 53.1 Å². The molecule has 0 atom stereocenters. The number of carbonyl (C=O) groups excluding carboxylic acids is 1. The van der Waals surface area contributed by atoms with E-state index in [9.17, 15) is 9.59 Å². The molecule has 0 spiro atoms. The monoisotopic (exact) mass is 475 g/mol. The maximum Gasteiger partial charge on any atom is 0.256 e. The minimum Gasteiger partial charge on any atom is -0.381 e. The summed E-state index contributed by atoms with van der Waals surface area (Å²) in [6.45, 7) is 9.02. The molecule has 1 amide bonds. The van der Waals surface area contributed by atoms with E-state index in [-0.39, 0.29) is 18.0 Å². The van der Waals surface area contributed by atoms with Crippen molar-refractivity contribution >= 4 is 11.6 Å². The molecule has 2 N–H and O–H groups in total. The van der Waals surface area contributed by atoms with Gasteiger partial charge in [-0.3, -0.25) is 14.6 Å². The molecule has 1 fully saturated rings. The van der Waals surface area contributed by atoms with Gasteiger partial charge in [-0.1, -0.05) is 6.07 Å². The first kappa shape index (κ1) is 24.6. The fraction of sp³-hybridized carbons (Fsp3) is 0.407. The average molecular weight is 476 g/mol. The molecule has 1 aromatic carbocycles. The number of aromatic nitrogens is 3. The summed E-state index contributed by atoms with van der Waals surface area (Å²) in [6.07, 6.45) is 3.72. The van der Waals surface area contributed by atoms with Gasteiger partial charge in [-0.15, -0.1) is 0 Å². The zero-order chi connectivity index (χ0) is 25.1. The lowest BCUT2D eigenvalue weighted by Crippen LogP contribution is -2.37. The van der Waals surface area contributed by atoms with E-state index in [0.29, 0.717) is 28.7 Å². The number of carbonyl (C=O) groups is 1. The van der Waals surface area contributed by atoms with Gasteiger partial charge in [0.05, 0.1) is 12.1 Å². The second-order valence-corrected chi connectivity index (χ2v) is 9.21. The van der Waals surface area contributed by atoms with E-state index >= 15 is 0 Å². The maximum atomic E-state index is 13.4. The molecule has 2 aromatic heterocycles. The molecule has 35 heavy (non-hydrogen) atoms. The lowest BCUT2D eigenvalue weighted by atomic mass is 9.96. The van der Waals surface area contributed by atoms with Crippen molar-refractivity contribution in [1.82, 2.24) is 20.3 Å². The third-order valence-electron chi connectivity index (χ3n) is 6.75. The molecule has 8 nitrogen and oxygen atoms in total. The molecule has 0 bridgehead atoms. The largest absolute Gasteiger partial charge is 0.381 e. The normalized spacial score (nSPS) is 14.1. The first-order valence-corrected chi connectivity index (χ1v) is 12.0. The number of rotatable bonds is 6. The molecule has 3 aromatic rings. The molecule has 8 heteroatoms. The Balaban J connectivity index is 1.70. The number of pyridine rings is 1. The van der Waals surface area contributed by atoms with Crippen LogP contribution < -0.4 is 15.8 Å². The Labute approximate surface area is 205 Å². The summed E-state index contributed by atoms with van der Waals surface area (Å²) in [4.78, 5) is 39.5. The summed E-state index contributed by atoms with van der Waals surface area (Å²) in [7, 11) is 2.08. The van der Waals surface area contributed by atoms with Crippen LogP contribution in [0.1, 0.15) is 51.5 Å². The molecule has 1 aliphatic rings. The van der Waals surface area contributed by atoms with Crippen LogP contribution in [0.5, 0.6) is 0 Å². The molecule has 1 saturated heterocycles. The molecule has 1 aliphatic heterocycles. The SMILES string of the molecule is Cc1ccc(-c2cc(C(=O)NCc3c(C)nc(C)[nH]c3=O)c(C)c(N(C)C3CCOCC3)c2)cn1. The molecular weight excluding hydrogens is 442 g/mol. The molecule has 0 unspecified atom stereocenters. The first-order valence-electron chi connectivity index (χ1n) is 12.0. The van der Waals surface area contributed by atoms with E-state index < -0.39 is 0 Å². The van der Waals surface area contributed by atoms with Crippen molar-refractivity contribution in [3.63, 3.8) is 0 Å². The molecule has 3 heterocycles. The quantitative estimate of drug-likeness (QED) is 0.565. The number of anilines is 1. The van der Waals surface area contributed by atoms with Gasteiger partial charge in [0.2, 0.25) is 0 Å². The lowest BCUT2D eigenvalue weighted by Gasteiger charge is -2.34. The summed E-state index contributed by atoms with van der Waals surface area (Å²) in [5.41, 5.74) is 6.12. The van der Waals surface area contributed by atoms with E-state index in [1.54, 1.807) is 13.8 Å². The van der Waals surface area contributed by atoms with Crippen LogP contribution in [-0.2, 0) is 11.3 Å². The van der Waals surface area contributed by atoms with Crippen molar-refractivity contribution in [1.29, 1.82) is 0 Å². The minimum atomic E-state index is -0.231. The number of nitrogens with zero attached hydrogens (tertiary/aromatic N) is 3. The van der Waals surface area contributed by atoms with Crippen molar-refractivity contribution in [3.8, 4) is 11.1 Å². The van der Waals surface area contributed by atoms with Crippen LogP contribution in [-0.4, -0.2) is 47.2 Å². The Kier molecular flexibility index (Phi) is 7.31. The van der Waals surface area contributed by atoms with Gasteiger partial charge in [0.15, 0.2) is 0 Å². The second-order valence-electron chi connectivity index (χ2n) is 9.21. The highest BCUT2D eigenvalue weighted by atomic mass is 16.5. The van der Waals surface area contributed by atoms with Crippen molar-refractivity contribution < 1.29 is 9.53 Å². The minimum absolute atomic E-state index is 0.105. The number of hydrogen-bond donors (Lipinski definition) is 2. The number of benzene rings is 1. The average Bonchev–Trinajstić information content (AvgIpc) is 2.84. The summed E-state index contributed by atoms with van der Waals surface area (Å²) < 4.78 is 5.55. The molecule has 0 radical (unpaired) electrons. The standard InChI is InChI=1S/C27H33N5O3/c1-16-6-7-20(14-28-16)21-12-23(17(2)25(13-21)32(5)22-8-10-35-11-9-22)26(33)29-15-24-18(3)30-19(4)31-27(24)34/h6-7,12-14,22H,8-11,15H2,1-5H3,(H,29,33)(H,30,31,34). The smallest absolute Gasteiger partial charge is 0.256 e. The molecule has 4 rings (SSSR count). The zero-order valence-electron chi connectivity index (χ0n) is 21.1. The summed E-state index contributed by atoms with van der Waals surface area (Å²) in [5, 5.41) is 2.94. The van der Waals surface area contributed by atoms with E-state index in [1.807, 2.05) is 38.2 Å². The number of aryl methyl sites for hydroxylation is 3. The molecule has 184 valence electrons. The zero-order valence-corrected chi connectivity index (χ0v) is 21.1. The van der Waals surface area contributed by atoms with Crippen LogP contribution >= 0.6 is 0 Å². The van der Waals surface area contributed by atoms with E-state index in [0.717, 1.165) is 54.1 Å². The van der Waals surface area contributed by atoms with Gasteiger partial charge in [-0.05, 0) is 69.9 Å². The number of ether oxygens (including phenoxy) is 1. The van der Waals surface area contributed by atoms with Crippen LogP contribution in [0.4, 0.5) is 5.69 Å². The van der Waals surface area contributed by atoms with Crippen molar-refractivity contribution in [2.75, 3.05) is 25.2 Å². The molecule has 0 saturated carbocycles. The Bertz CT molecular complexity index is 1280. The third kappa shape index (κ3) is 5.43. The highest BCUT2D eigenvalue weighted by molar-refractivity contribution is 5.98. The highest BCUT2D eigenvalue weighted by Gasteiger charge is 2.23. The maximum absolute atomic E-state index is 13.4. The predicted octanol–water partition coefficient (Wildman–Crippen LogP) is 3.61. The second kappa shape index (κ2) is 10.4. The number of aromatic amines is 1. The predicted molar refractivity (Wildman–Crippen MR) is 137 cm³/mol. The summed E-state index contributed by atoms with van der Waals surface area (Å²) in [6, 6.07) is 8.36. The van der Waals surface area contributed by atoms with Gasteiger partial charge in [0.1, 0.15) is 5.82 Å². The van der Waals surface area contributed by atoms with Crippen LogP contribution in [0.15, 0.2) is 35.3 Å². The summed E-state index contributed by atoms with van der Waals surface area (Å²) >= 11 is 0. The fourth-order valence-electron chi connectivity index (χ4n) is 4.60. The highest BCUT2D eigenvalue weighted by Crippen LogP contribution is 2.33. The van der Waals surface area contributed by atoms with E-state index in [4.69, 9.17) is 4.74 Å². The molecular formula is C27H33N5O3. The van der Waals surface area contributed by atoms with Crippen molar-refractivity contribution in [2.24, 2.45) is 0 Å². The van der Waals surface area contributed by atoms with Gasteiger partial charge in [0.25, 0.3) is 11.5 Å². The third-order valence-corrected chi connectivity index (χ3v) is 6.75. The van der Waals surface area contributed by atoms with Crippen molar-refractivity contribution in [3.05, 3.63) is 74.7 Å². The Morgan fingerprint density at radius 1 is 1.14 bits per heavy atom. The van der Waals surface area contributed by atoms with Crippen LogP contribution in [0, 0.1) is 27.7 Å². The number of hydrogen-bond acceptors (Lipinski definition) is 6. The number of H-pyrrole nitrogens is 1. The summed E-state index contributed by atoms with van der Waals surface area (Å²) in [5.74, 6) is 0.323. The topological polar surface area (TPSA) is 100 Å². The number of amides is 1. The van der Waals surface area contributed by atoms with Gasteiger partial charge in [-0.25, -0.2) is 4.98 Å². The lowest BCUT2D eigenvalue weighted by molar-refractivity contribution is 0.0854. The van der Waals surface area contributed by atoms with E-state index in [1.165, 1.54) is 0 Å². The Morgan fingerprint density at radius 2 is 1.89 bits per heavy atom. The first-order chi connectivity index (χ1) is 16.7. The van der Waals surface area contributed by atoms with E-state index in [2.05, 4.69) is 38.3 Å². The number of nitrogens with one attached hydrogen (secondary N) is 2. The van der Waals surface area contributed by atoms with Crippen LogP contribution in [0.3, 0.4) is 0 Å². The molecule has 0 aliphatic carbocycles. The van der Waals surface area contributed by atoms with Gasteiger partial charge in [0, 0.05) is 60.7 Å². The Morgan fingerprint density at radius 3 is 2.54 bits per heavy atom. The fourth-order valence-corrected chi connectivity index (χ4v) is 4.60.